The molecule has 1 heterocycles. The zero-order valence-electron chi connectivity index (χ0n) is 10.1. The van der Waals surface area contributed by atoms with Gasteiger partial charge in [-0.05, 0) is 18.9 Å². The van der Waals surface area contributed by atoms with Crippen LogP contribution in [0.25, 0.3) is 0 Å². The van der Waals surface area contributed by atoms with Crippen molar-refractivity contribution < 1.29 is 4.74 Å². The number of hydrogen-bond donors (Lipinski definition) is 2. The molecule has 0 saturated carbocycles. The number of anilines is 2. The van der Waals surface area contributed by atoms with Gasteiger partial charge in [0.25, 0.3) is 0 Å². The maximum atomic E-state index is 5.40. The van der Waals surface area contributed by atoms with Gasteiger partial charge >= 0.3 is 0 Å². The lowest BCUT2D eigenvalue weighted by molar-refractivity contribution is 0.134. The molecule has 1 aromatic rings. The van der Waals surface area contributed by atoms with Crippen LogP contribution < -0.4 is 10.6 Å². The Labute approximate surface area is 97.4 Å². The van der Waals surface area contributed by atoms with Crippen molar-refractivity contribution in [1.82, 2.24) is 4.98 Å². The van der Waals surface area contributed by atoms with Crippen LogP contribution >= 0.6 is 0 Å². The SMILES string of the molecule is CCCOCCCNc1cncc(NC)c1. The first-order chi connectivity index (χ1) is 7.86. The molecule has 4 nitrogen and oxygen atoms in total. The minimum Gasteiger partial charge on any atom is -0.387 e. The van der Waals surface area contributed by atoms with Crippen molar-refractivity contribution in [1.29, 1.82) is 0 Å². The molecule has 0 radical (unpaired) electrons. The predicted octanol–water partition coefficient (Wildman–Crippen LogP) is 2.35. The van der Waals surface area contributed by atoms with E-state index in [1.807, 2.05) is 19.3 Å². The third kappa shape index (κ3) is 4.98. The Balaban J connectivity index is 2.16. The Morgan fingerprint density at radius 3 is 2.81 bits per heavy atom. The molecule has 0 aliphatic rings. The molecule has 0 bridgehead atoms. The number of pyridine rings is 1. The third-order valence-corrected chi connectivity index (χ3v) is 2.17. The lowest BCUT2D eigenvalue weighted by atomic mass is 10.3. The van der Waals surface area contributed by atoms with E-state index in [-0.39, 0.29) is 0 Å². The van der Waals surface area contributed by atoms with Crippen molar-refractivity contribution in [2.75, 3.05) is 37.4 Å². The fraction of sp³-hybridized carbons (Fsp3) is 0.583. The predicted molar refractivity (Wildman–Crippen MR) is 68.0 cm³/mol. The number of ether oxygens (including phenoxy) is 1. The second-order valence-electron chi connectivity index (χ2n) is 3.60. The van der Waals surface area contributed by atoms with Gasteiger partial charge in [0.15, 0.2) is 0 Å². The molecular weight excluding hydrogens is 202 g/mol. The summed E-state index contributed by atoms with van der Waals surface area (Å²) >= 11 is 0. The van der Waals surface area contributed by atoms with Crippen molar-refractivity contribution in [2.24, 2.45) is 0 Å². The summed E-state index contributed by atoms with van der Waals surface area (Å²) in [6.07, 6.45) is 5.73. The Kier molecular flexibility index (Phi) is 6.33. The van der Waals surface area contributed by atoms with Gasteiger partial charge in [-0.1, -0.05) is 6.92 Å². The first-order valence-electron chi connectivity index (χ1n) is 5.81. The maximum Gasteiger partial charge on any atom is 0.0547 e. The zero-order valence-corrected chi connectivity index (χ0v) is 10.1. The van der Waals surface area contributed by atoms with E-state index in [0.29, 0.717) is 0 Å². The van der Waals surface area contributed by atoms with E-state index in [4.69, 9.17) is 4.74 Å². The lowest BCUT2D eigenvalue weighted by Crippen LogP contribution is -2.06. The lowest BCUT2D eigenvalue weighted by Gasteiger charge is -2.07. The van der Waals surface area contributed by atoms with Gasteiger partial charge in [0, 0.05) is 26.8 Å². The number of rotatable bonds is 8. The average molecular weight is 223 g/mol. The minimum atomic E-state index is 0.819. The highest BCUT2D eigenvalue weighted by Crippen LogP contribution is 2.11. The molecule has 0 unspecified atom stereocenters. The molecule has 2 N–H and O–H groups in total. The highest BCUT2D eigenvalue weighted by Gasteiger charge is 1.94. The molecular formula is C12H21N3O. The summed E-state index contributed by atoms with van der Waals surface area (Å²) in [5, 5.41) is 6.37. The molecule has 0 fully saturated rings. The highest BCUT2D eigenvalue weighted by molar-refractivity contribution is 5.53. The number of hydrogen-bond acceptors (Lipinski definition) is 4. The van der Waals surface area contributed by atoms with Crippen LogP contribution in [0.3, 0.4) is 0 Å². The van der Waals surface area contributed by atoms with Gasteiger partial charge < -0.3 is 15.4 Å². The van der Waals surface area contributed by atoms with Gasteiger partial charge in [-0.15, -0.1) is 0 Å². The molecule has 0 saturated heterocycles. The van der Waals surface area contributed by atoms with E-state index in [1.54, 1.807) is 6.20 Å². The Hall–Kier alpha value is -1.29. The molecule has 0 aliphatic carbocycles. The molecule has 1 rings (SSSR count). The van der Waals surface area contributed by atoms with E-state index < -0.39 is 0 Å². The van der Waals surface area contributed by atoms with Gasteiger partial charge in [-0.25, -0.2) is 0 Å². The van der Waals surface area contributed by atoms with Crippen LogP contribution in [0.2, 0.25) is 0 Å². The van der Waals surface area contributed by atoms with Crippen molar-refractivity contribution in [3.05, 3.63) is 18.5 Å². The van der Waals surface area contributed by atoms with Crippen LogP contribution in [-0.4, -0.2) is 31.8 Å². The molecule has 16 heavy (non-hydrogen) atoms. The van der Waals surface area contributed by atoms with Crippen molar-refractivity contribution in [3.63, 3.8) is 0 Å². The fourth-order valence-corrected chi connectivity index (χ4v) is 1.33. The van der Waals surface area contributed by atoms with Gasteiger partial charge in [0.2, 0.25) is 0 Å². The molecule has 0 aliphatic heterocycles. The summed E-state index contributed by atoms with van der Waals surface area (Å²) in [6, 6.07) is 2.04. The third-order valence-electron chi connectivity index (χ3n) is 2.17. The van der Waals surface area contributed by atoms with E-state index in [1.165, 1.54) is 0 Å². The van der Waals surface area contributed by atoms with E-state index in [2.05, 4.69) is 22.5 Å². The summed E-state index contributed by atoms with van der Waals surface area (Å²) in [4.78, 5) is 4.13. The van der Waals surface area contributed by atoms with Gasteiger partial charge in [-0.2, -0.15) is 0 Å². The van der Waals surface area contributed by atoms with Gasteiger partial charge in [-0.3, -0.25) is 4.98 Å². The van der Waals surface area contributed by atoms with Crippen LogP contribution in [-0.2, 0) is 4.74 Å². The fourth-order valence-electron chi connectivity index (χ4n) is 1.33. The number of nitrogens with one attached hydrogen (secondary N) is 2. The average Bonchev–Trinajstić information content (AvgIpc) is 2.34. The molecule has 0 amide bonds. The van der Waals surface area contributed by atoms with Crippen LogP contribution in [0.5, 0.6) is 0 Å². The minimum absolute atomic E-state index is 0.819. The smallest absolute Gasteiger partial charge is 0.0547 e. The van der Waals surface area contributed by atoms with Crippen LogP contribution in [0.15, 0.2) is 18.5 Å². The van der Waals surface area contributed by atoms with Crippen molar-refractivity contribution in [2.45, 2.75) is 19.8 Å². The first kappa shape index (κ1) is 12.8. The monoisotopic (exact) mass is 223 g/mol. The molecule has 90 valence electrons. The summed E-state index contributed by atoms with van der Waals surface area (Å²) in [7, 11) is 1.89. The first-order valence-corrected chi connectivity index (χ1v) is 5.81. The second kappa shape index (κ2) is 7.93. The summed E-state index contributed by atoms with van der Waals surface area (Å²) in [5.74, 6) is 0. The number of nitrogens with zero attached hydrogens (tertiary/aromatic N) is 1. The summed E-state index contributed by atoms with van der Waals surface area (Å²) in [6.45, 7) is 4.71. The Morgan fingerprint density at radius 1 is 1.25 bits per heavy atom. The normalized spacial score (nSPS) is 10.1. The van der Waals surface area contributed by atoms with E-state index in [0.717, 1.165) is 44.0 Å². The zero-order chi connectivity index (χ0) is 11.6. The molecule has 0 spiro atoms. The van der Waals surface area contributed by atoms with Crippen LogP contribution in [0.1, 0.15) is 19.8 Å². The van der Waals surface area contributed by atoms with E-state index in [9.17, 15) is 0 Å². The largest absolute Gasteiger partial charge is 0.387 e. The Bertz CT molecular complexity index is 291. The summed E-state index contributed by atoms with van der Waals surface area (Å²) < 4.78 is 5.40. The molecule has 0 atom stereocenters. The van der Waals surface area contributed by atoms with Gasteiger partial charge in [0.05, 0.1) is 23.8 Å². The topological polar surface area (TPSA) is 46.2 Å². The van der Waals surface area contributed by atoms with Crippen molar-refractivity contribution in [3.8, 4) is 0 Å². The van der Waals surface area contributed by atoms with Crippen LogP contribution in [0, 0.1) is 0 Å². The quantitative estimate of drug-likeness (QED) is 0.664. The molecule has 4 heteroatoms. The van der Waals surface area contributed by atoms with Crippen molar-refractivity contribution >= 4 is 11.4 Å². The Morgan fingerprint density at radius 2 is 2.06 bits per heavy atom. The molecule has 0 aromatic carbocycles. The highest BCUT2D eigenvalue weighted by atomic mass is 16.5. The summed E-state index contributed by atoms with van der Waals surface area (Å²) in [5.41, 5.74) is 2.06. The number of aromatic nitrogens is 1. The maximum absolute atomic E-state index is 5.40. The van der Waals surface area contributed by atoms with Gasteiger partial charge in [0.1, 0.15) is 0 Å². The molecule has 1 aromatic heterocycles. The van der Waals surface area contributed by atoms with E-state index >= 15 is 0 Å². The standard InChI is InChI=1S/C12H21N3O/c1-3-6-16-7-4-5-15-12-8-11(13-2)9-14-10-12/h8-10,13,15H,3-7H2,1-2H3. The van der Waals surface area contributed by atoms with Crippen LogP contribution in [0.4, 0.5) is 11.4 Å². The second-order valence-corrected chi connectivity index (χ2v) is 3.60.